The van der Waals surface area contributed by atoms with Gasteiger partial charge in [-0.25, -0.2) is 13.3 Å². The molecule has 276 valence electrons. The number of fused-ring (bicyclic) bond motifs is 1. The molecule has 1 aliphatic rings. The molecule has 2 unspecified atom stereocenters. The second-order valence-electron chi connectivity index (χ2n) is 12.6. The van der Waals surface area contributed by atoms with Crippen LogP contribution >= 0.6 is 0 Å². The number of nitrogens with zero attached hydrogens (tertiary/aromatic N) is 2. The van der Waals surface area contributed by atoms with Crippen LogP contribution in [-0.4, -0.2) is 62.8 Å². The van der Waals surface area contributed by atoms with Gasteiger partial charge in [-0.15, -0.1) is 0 Å². The molecule has 4 aromatic rings. The maximum absolute atomic E-state index is 13.2. The Morgan fingerprint density at radius 2 is 1.60 bits per heavy atom. The van der Waals surface area contributed by atoms with Crippen molar-refractivity contribution in [2.45, 2.75) is 58.5 Å². The standard InChI is InChI=1S/C37H43N5O9S/c1-5-6-7-8-28(23-42(3)52(46)47)50-36(45)41-51-33-21-29-30(22-32(33)48-4)38-20-17-31(29)49-27-15-13-26(14-16-27)40-35(44)37(18-19-37)34(43)39-25-11-9-24(2)10-12-25/h9-17,20-22,28H,5-8,18-19,23H2,1-4H3,(H,39,43)(H,40,44)(H,41,45)(H,46,47). The summed E-state index contributed by atoms with van der Waals surface area (Å²) in [6, 6.07) is 19.0. The minimum atomic E-state index is -2.21. The molecule has 1 aromatic heterocycles. The van der Waals surface area contributed by atoms with E-state index in [2.05, 4.69) is 21.1 Å². The van der Waals surface area contributed by atoms with Gasteiger partial charge < -0.3 is 29.7 Å². The number of aromatic nitrogens is 1. The first-order valence-corrected chi connectivity index (χ1v) is 18.0. The van der Waals surface area contributed by atoms with Crippen molar-refractivity contribution < 1.29 is 42.2 Å². The Balaban J connectivity index is 1.23. The van der Waals surface area contributed by atoms with Gasteiger partial charge in [0.15, 0.2) is 11.5 Å². The summed E-state index contributed by atoms with van der Waals surface area (Å²) in [5.41, 5.74) is 3.90. The zero-order valence-electron chi connectivity index (χ0n) is 29.5. The highest BCUT2D eigenvalue weighted by Crippen LogP contribution is 2.47. The van der Waals surface area contributed by atoms with E-state index in [0.717, 1.165) is 24.8 Å². The topological polar surface area (TPSA) is 178 Å². The molecule has 0 saturated heterocycles. The molecule has 1 aliphatic carbocycles. The van der Waals surface area contributed by atoms with E-state index in [4.69, 9.17) is 19.0 Å². The van der Waals surface area contributed by atoms with Crippen LogP contribution in [0.3, 0.4) is 0 Å². The number of nitrogens with one attached hydrogen (secondary N) is 3. The molecule has 1 fully saturated rings. The van der Waals surface area contributed by atoms with Crippen LogP contribution < -0.4 is 30.4 Å². The molecule has 3 amide bonds. The van der Waals surface area contributed by atoms with Gasteiger partial charge in [0.05, 0.1) is 19.2 Å². The van der Waals surface area contributed by atoms with Crippen molar-refractivity contribution in [3.05, 3.63) is 78.5 Å². The van der Waals surface area contributed by atoms with Crippen molar-refractivity contribution in [2.75, 3.05) is 31.3 Å². The lowest BCUT2D eigenvalue weighted by Gasteiger charge is -2.22. The smallest absolute Gasteiger partial charge is 0.440 e. The van der Waals surface area contributed by atoms with Crippen LogP contribution in [0, 0.1) is 12.3 Å². The number of ether oxygens (including phenoxy) is 3. The Hall–Kier alpha value is -5.25. The van der Waals surface area contributed by atoms with Gasteiger partial charge in [0, 0.05) is 42.1 Å². The van der Waals surface area contributed by atoms with Crippen molar-refractivity contribution in [3.8, 4) is 23.0 Å². The summed E-state index contributed by atoms with van der Waals surface area (Å²) in [6.45, 7) is 4.07. The molecule has 15 heteroatoms. The average Bonchev–Trinajstić information content (AvgIpc) is 3.95. The maximum Gasteiger partial charge on any atom is 0.440 e. The molecule has 1 saturated carbocycles. The normalized spacial score (nSPS) is 14.2. The molecule has 4 N–H and O–H groups in total. The predicted octanol–water partition coefficient (Wildman–Crippen LogP) is 6.74. The highest BCUT2D eigenvalue weighted by molar-refractivity contribution is 7.76. The number of hydroxylamine groups is 1. The molecule has 2 atom stereocenters. The van der Waals surface area contributed by atoms with Crippen molar-refractivity contribution in [1.82, 2.24) is 14.8 Å². The summed E-state index contributed by atoms with van der Waals surface area (Å²) in [4.78, 5) is 48.9. The number of carbonyl (C=O) groups is 3. The van der Waals surface area contributed by atoms with Crippen LogP contribution in [0.1, 0.15) is 51.0 Å². The first kappa shape index (κ1) is 38.0. The molecule has 5 rings (SSSR count). The lowest BCUT2D eigenvalue weighted by Crippen LogP contribution is -2.37. The number of rotatable bonds is 17. The van der Waals surface area contributed by atoms with Crippen LogP contribution in [0.2, 0.25) is 0 Å². The van der Waals surface area contributed by atoms with E-state index < -0.39 is 28.9 Å². The number of hydrogen-bond donors (Lipinski definition) is 4. The van der Waals surface area contributed by atoms with Crippen LogP contribution in [0.5, 0.6) is 23.0 Å². The quantitative estimate of drug-likeness (QED) is 0.0393. The number of anilines is 2. The molecule has 0 spiro atoms. The third-order valence-electron chi connectivity index (χ3n) is 8.63. The van der Waals surface area contributed by atoms with Gasteiger partial charge in [-0.2, -0.15) is 5.48 Å². The number of methoxy groups -OCH3 is 1. The van der Waals surface area contributed by atoms with Crippen LogP contribution in [0.15, 0.2) is 72.9 Å². The highest BCUT2D eigenvalue weighted by atomic mass is 32.2. The van der Waals surface area contributed by atoms with Gasteiger partial charge in [-0.05, 0) is 75.1 Å². The van der Waals surface area contributed by atoms with E-state index in [-0.39, 0.29) is 29.9 Å². The van der Waals surface area contributed by atoms with Gasteiger partial charge in [0.25, 0.3) is 0 Å². The first-order chi connectivity index (χ1) is 25.0. The summed E-state index contributed by atoms with van der Waals surface area (Å²) in [5, 5.41) is 6.25. The molecule has 52 heavy (non-hydrogen) atoms. The van der Waals surface area contributed by atoms with Crippen molar-refractivity contribution >= 4 is 51.5 Å². The Morgan fingerprint density at radius 1 is 0.942 bits per heavy atom. The number of unbranched alkanes of at least 4 members (excludes halogenated alkanes) is 2. The van der Waals surface area contributed by atoms with Crippen molar-refractivity contribution in [1.29, 1.82) is 0 Å². The number of amides is 3. The molecular weight excluding hydrogens is 690 g/mol. The van der Waals surface area contributed by atoms with Crippen LogP contribution in [0.25, 0.3) is 10.9 Å². The van der Waals surface area contributed by atoms with Gasteiger partial charge in [0.1, 0.15) is 23.0 Å². The number of hydrogen-bond acceptors (Lipinski definition) is 9. The molecular formula is C37H43N5O9S. The highest BCUT2D eigenvalue weighted by Gasteiger charge is 2.56. The Bertz CT molecular complexity index is 1900. The molecule has 0 radical (unpaired) electrons. The van der Waals surface area contributed by atoms with Crippen LogP contribution in [-0.2, 0) is 25.6 Å². The first-order valence-electron chi connectivity index (χ1n) is 16.9. The minimum absolute atomic E-state index is 0.0612. The van der Waals surface area contributed by atoms with Crippen molar-refractivity contribution in [3.63, 3.8) is 0 Å². The summed E-state index contributed by atoms with van der Waals surface area (Å²) in [7, 11) is 2.91. The zero-order valence-corrected chi connectivity index (χ0v) is 30.3. The average molecular weight is 734 g/mol. The molecule has 0 aliphatic heterocycles. The van der Waals surface area contributed by atoms with Gasteiger partial charge >= 0.3 is 6.09 Å². The van der Waals surface area contributed by atoms with E-state index >= 15 is 0 Å². The van der Waals surface area contributed by atoms with Gasteiger partial charge in [-0.1, -0.05) is 37.5 Å². The molecule has 1 heterocycles. The fourth-order valence-electron chi connectivity index (χ4n) is 5.44. The van der Waals surface area contributed by atoms with E-state index in [1.807, 2.05) is 38.1 Å². The monoisotopic (exact) mass is 733 g/mol. The molecule has 0 bridgehead atoms. The fraction of sp³-hybridized carbons (Fsp3) is 0.351. The predicted molar refractivity (Wildman–Crippen MR) is 196 cm³/mol. The Labute approximate surface area is 304 Å². The van der Waals surface area contributed by atoms with E-state index in [1.165, 1.54) is 18.5 Å². The molecule has 3 aromatic carbocycles. The largest absolute Gasteiger partial charge is 0.493 e. The minimum Gasteiger partial charge on any atom is -0.493 e. The third-order valence-corrected chi connectivity index (χ3v) is 9.31. The number of aryl methyl sites for hydroxylation is 1. The number of likely N-dealkylation sites (N-methyl/N-ethyl adjacent to an activating group) is 1. The van der Waals surface area contributed by atoms with Gasteiger partial charge in [0.2, 0.25) is 23.1 Å². The summed E-state index contributed by atoms with van der Waals surface area (Å²) >= 11 is -2.21. The fourth-order valence-corrected chi connectivity index (χ4v) is 5.74. The van der Waals surface area contributed by atoms with Gasteiger partial charge in [-0.3, -0.25) is 19.1 Å². The maximum atomic E-state index is 13.2. The van der Waals surface area contributed by atoms with Crippen molar-refractivity contribution in [2.24, 2.45) is 5.41 Å². The lowest BCUT2D eigenvalue weighted by atomic mass is 10.0. The number of carbonyl (C=O) groups excluding carboxylic acids is 3. The summed E-state index contributed by atoms with van der Waals surface area (Å²) in [5.74, 6) is 0.629. The number of benzene rings is 3. The number of pyridine rings is 1. The lowest BCUT2D eigenvalue weighted by molar-refractivity contribution is -0.131. The SMILES string of the molecule is CCCCCC(CN(C)S(=O)O)OC(=O)NOc1cc2c(Oc3ccc(NC(=O)C4(C(=O)Nc5ccc(C)cc5)CC4)cc3)ccnc2cc1OC. The molecule has 14 nitrogen and oxygen atoms in total. The van der Waals surface area contributed by atoms with E-state index in [1.54, 1.807) is 48.7 Å². The third kappa shape index (κ3) is 9.75. The van der Waals surface area contributed by atoms with Crippen LogP contribution in [0.4, 0.5) is 16.2 Å². The zero-order chi connectivity index (χ0) is 37.3. The summed E-state index contributed by atoms with van der Waals surface area (Å²) < 4.78 is 39.2. The second kappa shape index (κ2) is 17.3. The summed E-state index contributed by atoms with van der Waals surface area (Å²) in [6.07, 6.45) is 4.16. The van der Waals surface area contributed by atoms with E-state index in [9.17, 15) is 23.1 Å². The van der Waals surface area contributed by atoms with E-state index in [0.29, 0.717) is 53.0 Å². The Kier molecular flexibility index (Phi) is 12.6. The Morgan fingerprint density at radius 3 is 2.19 bits per heavy atom. The second-order valence-corrected chi connectivity index (χ2v) is 13.7.